The number of hydrogen-bond donors (Lipinski definition) is 3. The van der Waals surface area contributed by atoms with E-state index in [4.69, 9.17) is 9.84 Å². The highest BCUT2D eigenvalue weighted by atomic mass is 32.2. The fourth-order valence-corrected chi connectivity index (χ4v) is 3.30. The fraction of sp³-hybridized carbons (Fsp3) is 0.375. The summed E-state index contributed by atoms with van der Waals surface area (Å²) in [6.07, 6.45) is -4.67. The lowest BCUT2D eigenvalue weighted by Gasteiger charge is -2.16. The lowest BCUT2D eigenvalue weighted by atomic mass is 10.1. The lowest BCUT2D eigenvalue weighted by molar-refractivity contribution is -0.0617. The standard InChI is InChI=1S/C16H18N2O5S/c19-8-11-14(21)15(22)16(23-11)18-13(20)7-6-12(17-18)24-9-10-4-2-1-3-5-10/h1-7,11,14-16,19,21-22H,8-9H2/t11-,14-,15-,16-/m1/s1. The van der Waals surface area contributed by atoms with Gasteiger partial charge in [0.2, 0.25) is 0 Å². The first-order valence-electron chi connectivity index (χ1n) is 7.49. The number of aliphatic hydroxyl groups excluding tert-OH is 3. The zero-order chi connectivity index (χ0) is 17.1. The van der Waals surface area contributed by atoms with Crippen LogP contribution in [-0.4, -0.2) is 50.0 Å². The van der Waals surface area contributed by atoms with Gasteiger partial charge in [0.1, 0.15) is 23.3 Å². The third-order valence-electron chi connectivity index (χ3n) is 3.79. The van der Waals surface area contributed by atoms with Crippen LogP contribution < -0.4 is 5.56 Å². The van der Waals surface area contributed by atoms with Crippen LogP contribution >= 0.6 is 11.8 Å². The Kier molecular flexibility index (Phi) is 5.32. The molecule has 0 amide bonds. The maximum atomic E-state index is 12.0. The molecule has 2 heterocycles. The molecule has 0 saturated carbocycles. The van der Waals surface area contributed by atoms with Gasteiger partial charge in [-0.1, -0.05) is 42.1 Å². The number of benzene rings is 1. The summed E-state index contributed by atoms with van der Waals surface area (Å²) in [7, 11) is 0. The molecule has 1 aliphatic rings. The minimum Gasteiger partial charge on any atom is -0.394 e. The van der Waals surface area contributed by atoms with Crippen molar-refractivity contribution in [2.75, 3.05) is 6.61 Å². The van der Waals surface area contributed by atoms with Crippen LogP contribution in [0.4, 0.5) is 0 Å². The number of nitrogens with zero attached hydrogens (tertiary/aromatic N) is 2. The Hall–Kier alpha value is -1.71. The largest absolute Gasteiger partial charge is 0.394 e. The number of thioether (sulfide) groups is 1. The smallest absolute Gasteiger partial charge is 0.269 e. The van der Waals surface area contributed by atoms with Gasteiger partial charge in [0.15, 0.2) is 6.23 Å². The van der Waals surface area contributed by atoms with Gasteiger partial charge in [-0.3, -0.25) is 4.79 Å². The fourth-order valence-electron chi connectivity index (χ4n) is 2.48. The molecule has 0 radical (unpaired) electrons. The van der Waals surface area contributed by atoms with Crippen molar-refractivity contribution in [1.82, 2.24) is 9.78 Å². The SMILES string of the molecule is O=c1ccc(SCc2ccccc2)nn1[C@@H]1O[C@H](CO)[C@@H](O)[C@H]1O. The van der Waals surface area contributed by atoms with E-state index < -0.39 is 36.7 Å². The molecular weight excluding hydrogens is 332 g/mol. The minimum atomic E-state index is -1.33. The van der Waals surface area contributed by atoms with Crippen molar-refractivity contribution in [2.45, 2.75) is 35.3 Å². The lowest BCUT2D eigenvalue weighted by Crippen LogP contribution is -2.36. The Bertz CT molecular complexity index is 739. The minimum absolute atomic E-state index is 0.450. The number of rotatable bonds is 5. The highest BCUT2D eigenvalue weighted by Crippen LogP contribution is 2.28. The first kappa shape index (κ1) is 17.1. The first-order valence-corrected chi connectivity index (χ1v) is 8.48. The summed E-state index contributed by atoms with van der Waals surface area (Å²) in [5.41, 5.74) is 0.670. The second-order valence-corrected chi connectivity index (χ2v) is 6.45. The van der Waals surface area contributed by atoms with Gasteiger partial charge in [-0.15, -0.1) is 0 Å². The quantitative estimate of drug-likeness (QED) is 0.659. The van der Waals surface area contributed by atoms with E-state index in [-0.39, 0.29) is 0 Å². The van der Waals surface area contributed by atoms with Crippen molar-refractivity contribution in [1.29, 1.82) is 0 Å². The van der Waals surface area contributed by atoms with Crippen molar-refractivity contribution in [3.63, 3.8) is 0 Å². The van der Waals surface area contributed by atoms with Crippen LogP contribution in [0.25, 0.3) is 0 Å². The average Bonchev–Trinajstić information content (AvgIpc) is 2.90. The molecule has 0 unspecified atom stereocenters. The van der Waals surface area contributed by atoms with Gasteiger partial charge >= 0.3 is 0 Å². The Morgan fingerprint density at radius 1 is 1.12 bits per heavy atom. The van der Waals surface area contributed by atoms with Gasteiger partial charge in [-0.2, -0.15) is 9.78 Å². The Morgan fingerprint density at radius 2 is 1.88 bits per heavy atom. The summed E-state index contributed by atoms with van der Waals surface area (Å²) in [5.74, 6) is 0.683. The van der Waals surface area contributed by atoms with E-state index in [2.05, 4.69) is 5.10 Å². The molecule has 128 valence electrons. The van der Waals surface area contributed by atoms with E-state index in [0.717, 1.165) is 10.2 Å². The normalized spacial score (nSPS) is 26.6. The summed E-state index contributed by atoms with van der Waals surface area (Å²) in [5, 5.41) is 33.8. The van der Waals surface area contributed by atoms with Gasteiger partial charge in [0, 0.05) is 11.8 Å². The van der Waals surface area contributed by atoms with Gasteiger partial charge in [0.25, 0.3) is 5.56 Å². The summed E-state index contributed by atoms with van der Waals surface area (Å²) in [4.78, 5) is 12.0. The molecule has 1 saturated heterocycles. The number of hydrogen-bond acceptors (Lipinski definition) is 7. The van der Waals surface area contributed by atoms with Crippen LogP contribution in [0, 0.1) is 0 Å². The van der Waals surface area contributed by atoms with Crippen molar-refractivity contribution in [2.24, 2.45) is 0 Å². The molecule has 24 heavy (non-hydrogen) atoms. The highest BCUT2D eigenvalue weighted by Gasteiger charge is 2.44. The van der Waals surface area contributed by atoms with Crippen LogP contribution in [0.1, 0.15) is 11.8 Å². The molecule has 7 nitrogen and oxygen atoms in total. The summed E-state index contributed by atoms with van der Waals surface area (Å²) < 4.78 is 6.37. The zero-order valence-corrected chi connectivity index (χ0v) is 13.5. The van der Waals surface area contributed by atoms with E-state index in [0.29, 0.717) is 10.8 Å². The third kappa shape index (κ3) is 3.52. The van der Waals surface area contributed by atoms with Crippen molar-refractivity contribution in [3.8, 4) is 0 Å². The molecule has 1 aromatic heterocycles. The molecule has 2 aromatic rings. The summed E-state index contributed by atoms with van der Waals surface area (Å²) in [6, 6.07) is 12.8. The van der Waals surface area contributed by atoms with Crippen LogP contribution in [0.2, 0.25) is 0 Å². The Labute approximate surface area is 142 Å². The topological polar surface area (TPSA) is 105 Å². The molecular formula is C16H18N2O5S. The van der Waals surface area contributed by atoms with Crippen LogP contribution in [0.3, 0.4) is 0 Å². The molecule has 3 rings (SSSR count). The van der Waals surface area contributed by atoms with Crippen LogP contribution in [0.5, 0.6) is 0 Å². The van der Waals surface area contributed by atoms with Crippen molar-refractivity contribution in [3.05, 3.63) is 58.4 Å². The molecule has 0 bridgehead atoms. The molecule has 3 N–H and O–H groups in total. The second-order valence-electron chi connectivity index (χ2n) is 5.46. The second kappa shape index (κ2) is 7.45. The molecule has 1 fully saturated rings. The van der Waals surface area contributed by atoms with Crippen molar-refractivity contribution >= 4 is 11.8 Å². The Morgan fingerprint density at radius 3 is 2.54 bits per heavy atom. The van der Waals surface area contributed by atoms with Gasteiger partial charge in [-0.05, 0) is 11.6 Å². The van der Waals surface area contributed by atoms with Crippen LogP contribution in [-0.2, 0) is 10.5 Å². The average molecular weight is 350 g/mol. The predicted molar refractivity (Wildman–Crippen MR) is 87.5 cm³/mol. The number of aliphatic hydroxyl groups is 3. The molecule has 4 atom stereocenters. The summed E-state index contributed by atoms with van der Waals surface area (Å²) >= 11 is 1.44. The van der Waals surface area contributed by atoms with Crippen molar-refractivity contribution < 1.29 is 20.1 Å². The maximum absolute atomic E-state index is 12.0. The molecule has 1 aromatic carbocycles. The monoisotopic (exact) mass is 350 g/mol. The Balaban J connectivity index is 1.78. The first-order chi connectivity index (χ1) is 11.6. The van der Waals surface area contributed by atoms with E-state index in [1.54, 1.807) is 6.07 Å². The van der Waals surface area contributed by atoms with E-state index >= 15 is 0 Å². The maximum Gasteiger partial charge on any atom is 0.269 e. The molecule has 0 spiro atoms. The van der Waals surface area contributed by atoms with Crippen LogP contribution in [0.15, 0.2) is 52.3 Å². The van der Waals surface area contributed by atoms with Gasteiger partial charge < -0.3 is 20.1 Å². The zero-order valence-electron chi connectivity index (χ0n) is 12.7. The van der Waals surface area contributed by atoms with E-state index in [9.17, 15) is 15.0 Å². The summed E-state index contributed by atoms with van der Waals surface area (Å²) in [6.45, 7) is -0.452. The van der Waals surface area contributed by atoms with Gasteiger partial charge in [0.05, 0.1) is 6.61 Å². The van der Waals surface area contributed by atoms with E-state index in [1.807, 2.05) is 30.3 Å². The highest BCUT2D eigenvalue weighted by molar-refractivity contribution is 7.98. The molecule has 0 aliphatic carbocycles. The molecule has 1 aliphatic heterocycles. The molecule has 8 heteroatoms. The number of ether oxygens (including phenoxy) is 1. The number of aromatic nitrogens is 2. The predicted octanol–water partition coefficient (Wildman–Crippen LogP) is 0.147. The third-order valence-corrected chi connectivity index (χ3v) is 4.78. The van der Waals surface area contributed by atoms with Gasteiger partial charge in [-0.25, -0.2) is 0 Å². The van der Waals surface area contributed by atoms with E-state index in [1.165, 1.54) is 17.8 Å².